The molecule has 0 aliphatic heterocycles. The third-order valence-electron chi connectivity index (χ3n) is 3.75. The zero-order valence-electron chi connectivity index (χ0n) is 13.0. The van der Waals surface area contributed by atoms with Gasteiger partial charge in [0.1, 0.15) is 5.54 Å². The summed E-state index contributed by atoms with van der Waals surface area (Å²) in [7, 11) is 0. The Morgan fingerprint density at radius 3 is 2.58 bits per heavy atom. The molecule has 2 atom stereocenters. The van der Waals surface area contributed by atoms with Crippen molar-refractivity contribution >= 4 is 17.7 Å². The Kier molecular flexibility index (Phi) is 5.75. The highest BCUT2D eigenvalue weighted by Crippen LogP contribution is 2.40. The second-order valence-corrected chi connectivity index (χ2v) is 8.84. The van der Waals surface area contributed by atoms with E-state index in [4.69, 9.17) is 0 Å². The highest BCUT2D eigenvalue weighted by Gasteiger charge is 2.48. The van der Waals surface area contributed by atoms with Crippen molar-refractivity contribution in [2.45, 2.75) is 76.6 Å². The molecule has 1 aliphatic carbocycles. The predicted octanol–water partition coefficient (Wildman–Crippen LogP) is 3.53. The van der Waals surface area contributed by atoms with Crippen molar-refractivity contribution in [1.82, 2.24) is 5.32 Å². The van der Waals surface area contributed by atoms with Gasteiger partial charge in [-0.1, -0.05) is 27.2 Å². The number of nitrogens with one attached hydrogen (secondary N) is 1. The molecule has 0 aromatic heterocycles. The third kappa shape index (κ3) is 4.67. The molecule has 1 fully saturated rings. The van der Waals surface area contributed by atoms with E-state index in [1.165, 1.54) is 0 Å². The highest BCUT2D eigenvalue weighted by molar-refractivity contribution is 8.00. The molecule has 1 aliphatic rings. The van der Waals surface area contributed by atoms with Crippen LogP contribution in [0.2, 0.25) is 0 Å². The van der Waals surface area contributed by atoms with Gasteiger partial charge in [0.25, 0.3) is 0 Å². The van der Waals surface area contributed by atoms with E-state index < -0.39 is 11.5 Å². The van der Waals surface area contributed by atoms with Crippen molar-refractivity contribution in [3.63, 3.8) is 0 Å². The monoisotopic (exact) mass is 287 g/mol. The van der Waals surface area contributed by atoms with Crippen molar-refractivity contribution in [2.75, 3.05) is 5.75 Å². The van der Waals surface area contributed by atoms with Gasteiger partial charge < -0.3 is 5.11 Å². The van der Waals surface area contributed by atoms with E-state index >= 15 is 0 Å². The second kappa shape index (κ2) is 6.49. The molecular formula is C15H29NO2S. The normalized spacial score (nSPS) is 28.0. The Morgan fingerprint density at radius 1 is 1.47 bits per heavy atom. The van der Waals surface area contributed by atoms with Crippen molar-refractivity contribution < 1.29 is 9.90 Å². The van der Waals surface area contributed by atoms with Crippen molar-refractivity contribution in [2.24, 2.45) is 5.92 Å². The summed E-state index contributed by atoms with van der Waals surface area (Å²) in [6, 6.07) is 0.215. The molecule has 0 heterocycles. The molecule has 0 aromatic rings. The van der Waals surface area contributed by atoms with Crippen LogP contribution in [-0.4, -0.2) is 33.2 Å². The first kappa shape index (κ1) is 16.8. The molecule has 1 rings (SSSR count). The topological polar surface area (TPSA) is 49.3 Å². The Morgan fingerprint density at radius 2 is 2.11 bits per heavy atom. The van der Waals surface area contributed by atoms with Crippen LogP contribution < -0.4 is 5.32 Å². The van der Waals surface area contributed by atoms with Gasteiger partial charge in [0, 0.05) is 10.8 Å². The largest absolute Gasteiger partial charge is 0.480 e. The van der Waals surface area contributed by atoms with Crippen LogP contribution >= 0.6 is 11.8 Å². The summed E-state index contributed by atoms with van der Waals surface area (Å²) in [4.78, 5) is 11.8. The maximum Gasteiger partial charge on any atom is 0.324 e. The van der Waals surface area contributed by atoms with Crippen LogP contribution in [0.3, 0.4) is 0 Å². The molecule has 0 spiro atoms. The fourth-order valence-electron chi connectivity index (χ4n) is 3.02. The van der Waals surface area contributed by atoms with Crippen LogP contribution in [0.15, 0.2) is 0 Å². The molecule has 1 saturated carbocycles. The average molecular weight is 287 g/mol. The summed E-state index contributed by atoms with van der Waals surface area (Å²) in [6.07, 6.45) is 3.83. The molecule has 112 valence electrons. The summed E-state index contributed by atoms with van der Waals surface area (Å²) >= 11 is 1.93. The minimum absolute atomic E-state index is 0.215. The van der Waals surface area contributed by atoms with Crippen molar-refractivity contribution in [3.8, 4) is 0 Å². The summed E-state index contributed by atoms with van der Waals surface area (Å²) in [5.74, 6) is 0.648. The number of aliphatic carboxylic acids is 1. The van der Waals surface area contributed by atoms with Gasteiger partial charge in [-0.3, -0.25) is 10.1 Å². The van der Waals surface area contributed by atoms with Crippen LogP contribution in [0.4, 0.5) is 0 Å². The number of hydrogen-bond donors (Lipinski definition) is 2. The van der Waals surface area contributed by atoms with Crippen LogP contribution in [0.25, 0.3) is 0 Å². The van der Waals surface area contributed by atoms with Gasteiger partial charge in [-0.15, -0.1) is 0 Å². The number of carbonyl (C=O) groups is 1. The molecule has 3 nitrogen and oxygen atoms in total. The van der Waals surface area contributed by atoms with E-state index in [0.29, 0.717) is 0 Å². The highest BCUT2D eigenvalue weighted by atomic mass is 32.2. The Balaban J connectivity index is 2.66. The minimum Gasteiger partial charge on any atom is -0.480 e. The van der Waals surface area contributed by atoms with E-state index in [-0.39, 0.29) is 16.7 Å². The molecule has 4 heteroatoms. The summed E-state index contributed by atoms with van der Waals surface area (Å²) in [5, 5.41) is 13.0. The van der Waals surface area contributed by atoms with Crippen LogP contribution in [0.5, 0.6) is 0 Å². The Hall–Kier alpha value is -0.220. The van der Waals surface area contributed by atoms with Gasteiger partial charge in [-0.25, -0.2) is 0 Å². The van der Waals surface area contributed by atoms with Gasteiger partial charge in [0.05, 0.1) is 0 Å². The quantitative estimate of drug-likeness (QED) is 0.784. The van der Waals surface area contributed by atoms with E-state index in [1.54, 1.807) is 0 Å². The molecule has 0 radical (unpaired) electrons. The van der Waals surface area contributed by atoms with Gasteiger partial charge in [0.15, 0.2) is 0 Å². The van der Waals surface area contributed by atoms with Crippen LogP contribution in [0, 0.1) is 5.92 Å². The SMILES string of the molecule is CC(C)NC1(C(=O)O)CCCC1CCSC(C)(C)C. The Labute approximate surface area is 121 Å². The standard InChI is InChI=1S/C15H29NO2S/c1-11(2)16-15(13(17)18)9-6-7-12(15)8-10-19-14(3,4)5/h11-12,16H,6-10H2,1-5H3,(H,17,18). The number of carboxylic acid groups (broad SMARTS) is 1. The van der Waals surface area contributed by atoms with Gasteiger partial charge >= 0.3 is 5.97 Å². The van der Waals surface area contributed by atoms with Gasteiger partial charge in [-0.05, 0) is 44.8 Å². The molecule has 19 heavy (non-hydrogen) atoms. The first-order valence-corrected chi connectivity index (χ1v) is 8.31. The minimum atomic E-state index is -0.688. The lowest BCUT2D eigenvalue weighted by Gasteiger charge is -2.35. The van der Waals surface area contributed by atoms with Crippen LogP contribution in [-0.2, 0) is 4.79 Å². The lowest BCUT2D eigenvalue weighted by atomic mass is 9.84. The van der Waals surface area contributed by atoms with Crippen molar-refractivity contribution in [3.05, 3.63) is 0 Å². The zero-order chi connectivity index (χ0) is 14.7. The predicted molar refractivity (Wildman–Crippen MR) is 82.8 cm³/mol. The van der Waals surface area contributed by atoms with Gasteiger partial charge in [-0.2, -0.15) is 11.8 Å². The first-order chi connectivity index (χ1) is 8.67. The molecule has 0 bridgehead atoms. The maximum atomic E-state index is 11.8. The molecule has 2 N–H and O–H groups in total. The zero-order valence-corrected chi connectivity index (χ0v) is 13.8. The smallest absolute Gasteiger partial charge is 0.324 e. The molecule has 0 saturated heterocycles. The third-order valence-corrected chi connectivity index (χ3v) is 5.06. The Bertz CT molecular complexity index is 312. The first-order valence-electron chi connectivity index (χ1n) is 7.32. The second-order valence-electron chi connectivity index (χ2n) is 6.91. The van der Waals surface area contributed by atoms with E-state index in [1.807, 2.05) is 25.6 Å². The molecule has 0 aromatic carbocycles. The number of hydrogen-bond acceptors (Lipinski definition) is 3. The maximum absolute atomic E-state index is 11.8. The number of carboxylic acids is 1. The van der Waals surface area contributed by atoms with E-state index in [9.17, 15) is 9.90 Å². The van der Waals surface area contributed by atoms with Crippen LogP contribution in [0.1, 0.15) is 60.3 Å². The summed E-state index contributed by atoms with van der Waals surface area (Å²) in [5.41, 5.74) is -0.688. The summed E-state index contributed by atoms with van der Waals surface area (Å²) < 4.78 is 0.260. The van der Waals surface area contributed by atoms with E-state index in [0.717, 1.165) is 31.4 Å². The summed E-state index contributed by atoms with van der Waals surface area (Å²) in [6.45, 7) is 10.7. The fraction of sp³-hybridized carbons (Fsp3) is 0.933. The fourth-order valence-corrected chi connectivity index (χ4v) is 4.04. The molecular weight excluding hydrogens is 258 g/mol. The van der Waals surface area contributed by atoms with Crippen molar-refractivity contribution in [1.29, 1.82) is 0 Å². The molecule has 0 amide bonds. The van der Waals surface area contributed by atoms with E-state index in [2.05, 4.69) is 26.1 Å². The number of rotatable bonds is 6. The number of thioether (sulfide) groups is 1. The lowest BCUT2D eigenvalue weighted by Crippen LogP contribution is -2.57. The molecule has 2 unspecified atom stereocenters. The van der Waals surface area contributed by atoms with Gasteiger partial charge in [0.2, 0.25) is 0 Å². The average Bonchev–Trinajstić information content (AvgIpc) is 2.60. The lowest BCUT2D eigenvalue weighted by molar-refractivity contribution is -0.147.